The van der Waals surface area contributed by atoms with E-state index in [0.29, 0.717) is 33.8 Å². The summed E-state index contributed by atoms with van der Waals surface area (Å²) in [6, 6.07) is 12.8. The fourth-order valence-corrected chi connectivity index (χ4v) is 4.42. The van der Waals surface area contributed by atoms with Crippen LogP contribution in [0.3, 0.4) is 0 Å². The minimum atomic E-state index is -0.274. The molecule has 2 heterocycles. The molecule has 4 rings (SSSR count). The fraction of sp³-hybridized carbons (Fsp3) is 0.185. The number of aromatic nitrogens is 1. The van der Waals surface area contributed by atoms with Gasteiger partial charge >= 0.3 is 0 Å². The van der Waals surface area contributed by atoms with Crippen molar-refractivity contribution < 1.29 is 13.9 Å². The summed E-state index contributed by atoms with van der Waals surface area (Å²) in [6.07, 6.45) is 3.23. The largest absolute Gasteiger partial charge is 0.493 e. The van der Waals surface area contributed by atoms with Gasteiger partial charge in [0, 0.05) is 44.4 Å². The van der Waals surface area contributed by atoms with Gasteiger partial charge in [0.05, 0.1) is 17.9 Å². The summed E-state index contributed by atoms with van der Waals surface area (Å²) in [5, 5.41) is 4.77. The summed E-state index contributed by atoms with van der Waals surface area (Å²) in [5.74, 6) is 0.900. The Labute approximate surface area is 208 Å². The summed E-state index contributed by atoms with van der Waals surface area (Å²) in [5.41, 5.74) is 5.56. The Morgan fingerprint density at radius 2 is 1.94 bits per heavy atom. The predicted molar refractivity (Wildman–Crippen MR) is 139 cm³/mol. The molecule has 1 N–H and O–H groups in total. The van der Waals surface area contributed by atoms with Gasteiger partial charge in [0.2, 0.25) is 5.91 Å². The molecule has 2 aromatic carbocycles. The number of aryl methyl sites for hydroxylation is 2. The molecule has 0 saturated carbocycles. The number of nitrogens with one attached hydrogen (secondary N) is 1. The molecule has 5 nitrogen and oxygen atoms in total. The van der Waals surface area contributed by atoms with Crippen molar-refractivity contribution in [2.24, 2.45) is 0 Å². The van der Waals surface area contributed by atoms with Crippen molar-refractivity contribution in [2.45, 2.75) is 27.7 Å². The van der Waals surface area contributed by atoms with Gasteiger partial charge in [0.1, 0.15) is 17.2 Å². The van der Waals surface area contributed by atoms with E-state index in [2.05, 4.69) is 10.3 Å². The number of allylic oxidation sites excluding steroid dienone is 1. The molecule has 0 aliphatic carbocycles. The third kappa shape index (κ3) is 4.81. The number of carbonyl (C=O) groups excluding carboxylic acids is 1. The van der Waals surface area contributed by atoms with Gasteiger partial charge in [0.25, 0.3) is 0 Å². The number of furan rings is 1. The summed E-state index contributed by atoms with van der Waals surface area (Å²) in [7, 11) is 0. The second-order valence-electron chi connectivity index (χ2n) is 7.94. The Bertz CT molecular complexity index is 1420. The van der Waals surface area contributed by atoms with E-state index in [-0.39, 0.29) is 5.91 Å². The second kappa shape index (κ2) is 9.92. The molecule has 0 saturated heterocycles. The smallest absolute Gasteiger partial charge is 0.249 e. The third-order valence-electron chi connectivity index (χ3n) is 5.47. The average molecular weight is 495 g/mol. The number of halogens is 2. The molecule has 0 fully saturated rings. The number of nitrogens with zero attached hydrogens (tertiary/aromatic N) is 1. The van der Waals surface area contributed by atoms with Gasteiger partial charge < -0.3 is 14.5 Å². The van der Waals surface area contributed by atoms with E-state index in [0.717, 1.165) is 38.9 Å². The molecule has 174 valence electrons. The molecule has 0 aliphatic rings. The zero-order valence-electron chi connectivity index (χ0n) is 19.3. The molecule has 0 atom stereocenters. The highest BCUT2D eigenvalue weighted by Crippen LogP contribution is 2.42. The minimum absolute atomic E-state index is 0.274. The maximum absolute atomic E-state index is 12.7. The summed E-state index contributed by atoms with van der Waals surface area (Å²) < 4.78 is 11.9. The molecule has 0 bridgehead atoms. The van der Waals surface area contributed by atoms with Crippen molar-refractivity contribution in [2.75, 3.05) is 11.9 Å². The van der Waals surface area contributed by atoms with Crippen molar-refractivity contribution in [3.8, 4) is 16.9 Å². The quantitative estimate of drug-likeness (QED) is 0.277. The van der Waals surface area contributed by atoms with Gasteiger partial charge in [-0.25, -0.2) is 4.98 Å². The lowest BCUT2D eigenvalue weighted by Crippen LogP contribution is -2.10. The van der Waals surface area contributed by atoms with Crippen LogP contribution in [-0.2, 0) is 4.79 Å². The molecular weight excluding hydrogens is 471 g/mol. The lowest BCUT2D eigenvalue weighted by molar-refractivity contribution is -0.111. The number of ether oxygens (including phenoxy) is 1. The van der Waals surface area contributed by atoms with Crippen LogP contribution in [0.4, 0.5) is 5.82 Å². The molecule has 0 unspecified atom stereocenters. The maximum Gasteiger partial charge on any atom is 0.249 e. The van der Waals surface area contributed by atoms with Crippen LogP contribution in [0.1, 0.15) is 30.7 Å². The molecule has 0 aliphatic heterocycles. The van der Waals surface area contributed by atoms with Crippen LogP contribution in [0, 0.1) is 13.8 Å². The van der Waals surface area contributed by atoms with Gasteiger partial charge in [-0.3, -0.25) is 4.79 Å². The fourth-order valence-electron chi connectivity index (χ4n) is 3.90. The van der Waals surface area contributed by atoms with E-state index in [1.165, 1.54) is 0 Å². The number of fused-ring (bicyclic) bond motifs is 1. The number of carbonyl (C=O) groups is 1. The number of amides is 1. The van der Waals surface area contributed by atoms with Gasteiger partial charge in [-0.2, -0.15) is 0 Å². The zero-order valence-corrected chi connectivity index (χ0v) is 20.8. The van der Waals surface area contributed by atoms with Crippen molar-refractivity contribution >= 4 is 51.5 Å². The Balaban J connectivity index is 1.80. The first kappa shape index (κ1) is 23.9. The van der Waals surface area contributed by atoms with Crippen LogP contribution < -0.4 is 10.1 Å². The minimum Gasteiger partial charge on any atom is -0.493 e. The first-order valence-corrected chi connectivity index (χ1v) is 11.6. The Hall–Kier alpha value is -3.28. The van der Waals surface area contributed by atoms with E-state index < -0.39 is 0 Å². The standard InChI is InChI=1S/C27H24Cl2N2O3/c1-5-33-26-17(4)27-21(22(14-34-27)19-10-9-18(28)12-23(19)29)13-20(26)15(2)11-25(32)31-24-8-6-7-16(3)30-24/h6-14H,5H2,1-4H3,(H,30,31,32)/b15-11+. The van der Waals surface area contributed by atoms with Gasteiger partial charge in [-0.05, 0) is 63.6 Å². The van der Waals surface area contributed by atoms with Crippen LogP contribution in [0.25, 0.3) is 27.7 Å². The van der Waals surface area contributed by atoms with Crippen molar-refractivity contribution in [3.05, 3.63) is 81.7 Å². The topological polar surface area (TPSA) is 64.4 Å². The normalized spacial score (nSPS) is 11.6. The number of hydrogen-bond acceptors (Lipinski definition) is 4. The first-order chi connectivity index (χ1) is 16.3. The van der Waals surface area contributed by atoms with E-state index in [4.69, 9.17) is 32.4 Å². The number of hydrogen-bond donors (Lipinski definition) is 1. The van der Waals surface area contributed by atoms with Crippen LogP contribution >= 0.6 is 23.2 Å². The highest BCUT2D eigenvalue weighted by molar-refractivity contribution is 6.36. The number of anilines is 1. The lowest BCUT2D eigenvalue weighted by Gasteiger charge is -2.15. The van der Waals surface area contributed by atoms with E-state index >= 15 is 0 Å². The van der Waals surface area contributed by atoms with E-state index in [1.54, 1.807) is 30.5 Å². The Morgan fingerprint density at radius 3 is 2.65 bits per heavy atom. The Morgan fingerprint density at radius 1 is 1.15 bits per heavy atom. The molecule has 4 aromatic rings. The molecule has 0 radical (unpaired) electrons. The van der Waals surface area contributed by atoms with Crippen LogP contribution in [0.5, 0.6) is 5.75 Å². The lowest BCUT2D eigenvalue weighted by atomic mass is 9.96. The van der Waals surface area contributed by atoms with E-state index in [1.807, 2.05) is 52.0 Å². The highest BCUT2D eigenvalue weighted by Gasteiger charge is 2.20. The summed E-state index contributed by atoms with van der Waals surface area (Å²) in [4.78, 5) is 17.1. The molecule has 1 amide bonds. The SMILES string of the molecule is CCOc1c(/C(C)=C/C(=O)Nc2cccc(C)n2)cc2c(-c3ccc(Cl)cc3Cl)coc2c1C. The zero-order chi connectivity index (χ0) is 24.4. The van der Waals surface area contributed by atoms with E-state index in [9.17, 15) is 4.79 Å². The van der Waals surface area contributed by atoms with Gasteiger partial charge in [-0.15, -0.1) is 0 Å². The van der Waals surface area contributed by atoms with Crippen LogP contribution in [0.15, 0.2) is 59.2 Å². The Kier molecular flexibility index (Phi) is 6.96. The molecule has 7 heteroatoms. The van der Waals surface area contributed by atoms with Crippen LogP contribution in [0.2, 0.25) is 10.0 Å². The first-order valence-electron chi connectivity index (χ1n) is 10.8. The summed E-state index contributed by atoms with van der Waals surface area (Å²) >= 11 is 12.6. The number of rotatable bonds is 6. The van der Waals surface area contributed by atoms with Crippen LogP contribution in [-0.4, -0.2) is 17.5 Å². The maximum atomic E-state index is 12.7. The van der Waals surface area contributed by atoms with Crippen molar-refractivity contribution in [3.63, 3.8) is 0 Å². The molecule has 34 heavy (non-hydrogen) atoms. The van der Waals surface area contributed by atoms with Crippen molar-refractivity contribution in [1.82, 2.24) is 4.98 Å². The van der Waals surface area contributed by atoms with Gasteiger partial charge in [-0.1, -0.05) is 35.3 Å². The second-order valence-corrected chi connectivity index (χ2v) is 8.79. The highest BCUT2D eigenvalue weighted by atomic mass is 35.5. The predicted octanol–water partition coefficient (Wildman–Crippen LogP) is 7.86. The molecule has 2 aromatic heterocycles. The average Bonchev–Trinajstić information content (AvgIpc) is 3.19. The number of pyridine rings is 1. The van der Waals surface area contributed by atoms with Gasteiger partial charge in [0.15, 0.2) is 0 Å². The molecule has 0 spiro atoms. The van der Waals surface area contributed by atoms with Crippen molar-refractivity contribution in [1.29, 1.82) is 0 Å². The molecular formula is C27H24Cl2N2O3. The number of benzene rings is 2. The monoisotopic (exact) mass is 494 g/mol. The summed E-state index contributed by atoms with van der Waals surface area (Å²) in [6.45, 7) is 8.09. The third-order valence-corrected chi connectivity index (χ3v) is 6.01.